The lowest BCUT2D eigenvalue weighted by atomic mass is 10.1. The zero-order chi connectivity index (χ0) is 28.1. The first-order chi connectivity index (χ1) is 19.3. The average Bonchev–Trinajstić information content (AvgIpc) is 3.39. The number of aromatic nitrogens is 4. The summed E-state index contributed by atoms with van der Waals surface area (Å²) in [6.45, 7) is 7.65. The van der Waals surface area contributed by atoms with Gasteiger partial charge in [-0.3, -0.25) is 9.88 Å². The second kappa shape index (κ2) is 11.6. The number of hydrogen-bond donors (Lipinski definition) is 1. The largest absolute Gasteiger partial charge is 0.495 e. The van der Waals surface area contributed by atoms with Crippen molar-refractivity contribution in [1.29, 1.82) is 5.26 Å². The molecular formula is C30H31N7O3. The molecule has 40 heavy (non-hydrogen) atoms. The van der Waals surface area contributed by atoms with Gasteiger partial charge in [-0.05, 0) is 38.1 Å². The first-order valence-corrected chi connectivity index (χ1v) is 13.0. The molecular weight excluding hydrogens is 506 g/mol. The van der Waals surface area contributed by atoms with Crippen molar-refractivity contribution < 1.29 is 14.6 Å². The highest BCUT2D eigenvalue weighted by atomic mass is 16.5. The number of ether oxygens (including phenoxy) is 2. The van der Waals surface area contributed by atoms with Crippen LogP contribution in [0.4, 0.5) is 5.82 Å². The van der Waals surface area contributed by atoms with Crippen LogP contribution in [0, 0.1) is 23.2 Å². The molecule has 0 saturated carbocycles. The monoisotopic (exact) mass is 537 g/mol. The Kier molecular flexibility index (Phi) is 7.83. The van der Waals surface area contributed by atoms with Crippen LogP contribution in [0.2, 0.25) is 0 Å². The molecule has 10 heteroatoms. The Labute approximate surface area is 233 Å². The van der Waals surface area contributed by atoms with Crippen LogP contribution in [0.5, 0.6) is 11.5 Å². The lowest BCUT2D eigenvalue weighted by Gasteiger charge is -2.34. The van der Waals surface area contributed by atoms with Crippen LogP contribution in [-0.2, 0) is 0 Å². The number of nitrogens with zero attached hydrogens (tertiary/aromatic N) is 7. The van der Waals surface area contributed by atoms with Crippen LogP contribution < -0.4 is 14.4 Å². The van der Waals surface area contributed by atoms with Crippen LogP contribution >= 0.6 is 0 Å². The van der Waals surface area contributed by atoms with Gasteiger partial charge in [0, 0.05) is 55.3 Å². The summed E-state index contributed by atoms with van der Waals surface area (Å²) < 4.78 is 12.7. The lowest BCUT2D eigenvalue weighted by molar-refractivity contribution is 0.0283. The minimum Gasteiger partial charge on any atom is -0.495 e. The SMILES string of the molecule is COc1cncc(C#CCN2CCN(c3ccc(-c4cc(OCC(C)(C)O)cn5ncc(C#N)c45)cn3)CC2)c1. The van der Waals surface area contributed by atoms with Gasteiger partial charge >= 0.3 is 0 Å². The van der Waals surface area contributed by atoms with Gasteiger partial charge in [0.05, 0.1) is 48.9 Å². The summed E-state index contributed by atoms with van der Waals surface area (Å²) in [6.07, 6.45) is 8.47. The fourth-order valence-corrected chi connectivity index (χ4v) is 4.46. The van der Waals surface area contributed by atoms with Crippen molar-refractivity contribution in [2.45, 2.75) is 19.4 Å². The first kappa shape index (κ1) is 26.9. The molecule has 1 saturated heterocycles. The number of piperazine rings is 1. The summed E-state index contributed by atoms with van der Waals surface area (Å²) >= 11 is 0. The summed E-state index contributed by atoms with van der Waals surface area (Å²) in [5.41, 5.74) is 2.65. The third-order valence-electron chi connectivity index (χ3n) is 6.54. The van der Waals surface area contributed by atoms with Crippen molar-refractivity contribution in [2.24, 2.45) is 0 Å². The van der Waals surface area contributed by atoms with E-state index < -0.39 is 5.60 Å². The summed E-state index contributed by atoms with van der Waals surface area (Å²) in [7, 11) is 1.62. The number of rotatable bonds is 7. The molecule has 0 unspecified atom stereocenters. The van der Waals surface area contributed by atoms with Crippen molar-refractivity contribution in [3.05, 3.63) is 66.4 Å². The highest BCUT2D eigenvalue weighted by Gasteiger charge is 2.19. The van der Waals surface area contributed by atoms with E-state index in [4.69, 9.17) is 14.5 Å². The maximum atomic E-state index is 10.1. The topological polar surface area (TPSA) is 112 Å². The van der Waals surface area contributed by atoms with E-state index in [2.05, 4.69) is 37.8 Å². The second-order valence-corrected chi connectivity index (χ2v) is 10.2. The molecule has 0 aromatic carbocycles. The smallest absolute Gasteiger partial charge is 0.138 e. The van der Waals surface area contributed by atoms with Crippen molar-refractivity contribution in [3.8, 4) is 40.5 Å². The van der Waals surface area contributed by atoms with Gasteiger partial charge < -0.3 is 19.5 Å². The van der Waals surface area contributed by atoms with Crippen LogP contribution in [0.25, 0.3) is 16.6 Å². The van der Waals surface area contributed by atoms with E-state index >= 15 is 0 Å². The standard InChI is InChI=1S/C30H31N7O3/c1-30(2,38)21-40-26-14-27(29-24(15-31)18-34-37(29)20-26)23-6-7-28(33-17-23)36-11-9-35(10-12-36)8-4-5-22-13-25(39-3)19-32-16-22/h6-7,13-14,16-20,38H,8-12,21H2,1-3H3. The van der Waals surface area contributed by atoms with Crippen molar-refractivity contribution in [3.63, 3.8) is 0 Å². The van der Waals surface area contributed by atoms with E-state index in [1.165, 1.54) is 6.20 Å². The molecule has 5 heterocycles. The van der Waals surface area contributed by atoms with Crippen LogP contribution in [-0.4, -0.2) is 81.6 Å². The molecule has 0 spiro atoms. The third-order valence-corrected chi connectivity index (χ3v) is 6.54. The number of hydrogen-bond acceptors (Lipinski definition) is 9. The zero-order valence-electron chi connectivity index (χ0n) is 22.8. The van der Waals surface area contributed by atoms with Crippen LogP contribution in [0.1, 0.15) is 25.0 Å². The van der Waals surface area contributed by atoms with E-state index in [0.29, 0.717) is 29.1 Å². The molecule has 0 aliphatic carbocycles. The molecule has 1 N–H and O–H groups in total. The maximum Gasteiger partial charge on any atom is 0.138 e. The second-order valence-electron chi connectivity index (χ2n) is 10.2. The maximum absolute atomic E-state index is 10.1. The third kappa shape index (κ3) is 6.32. The zero-order valence-corrected chi connectivity index (χ0v) is 22.8. The molecule has 0 bridgehead atoms. The van der Waals surface area contributed by atoms with Crippen molar-refractivity contribution in [1.82, 2.24) is 24.5 Å². The molecule has 1 fully saturated rings. The molecule has 0 radical (unpaired) electrons. The number of aliphatic hydroxyl groups is 1. The Balaban J connectivity index is 1.26. The van der Waals surface area contributed by atoms with Gasteiger partial charge in [0.2, 0.25) is 0 Å². The van der Waals surface area contributed by atoms with Gasteiger partial charge in [0.1, 0.15) is 30.0 Å². The number of methoxy groups -OCH3 is 1. The Morgan fingerprint density at radius 1 is 1.05 bits per heavy atom. The normalized spacial score (nSPS) is 13.9. The summed E-state index contributed by atoms with van der Waals surface area (Å²) in [5, 5.41) is 24.0. The number of nitriles is 1. The molecule has 4 aromatic rings. The van der Waals surface area contributed by atoms with Gasteiger partial charge in [0.25, 0.3) is 0 Å². The van der Waals surface area contributed by atoms with E-state index in [-0.39, 0.29) is 6.61 Å². The molecule has 0 atom stereocenters. The molecule has 1 aliphatic rings. The fourth-order valence-electron chi connectivity index (χ4n) is 4.46. The van der Waals surface area contributed by atoms with Gasteiger partial charge in [-0.15, -0.1) is 0 Å². The van der Waals surface area contributed by atoms with E-state index in [0.717, 1.165) is 48.7 Å². The summed E-state index contributed by atoms with van der Waals surface area (Å²) in [5.74, 6) is 8.54. The van der Waals surface area contributed by atoms with Crippen LogP contribution in [0.3, 0.4) is 0 Å². The van der Waals surface area contributed by atoms with E-state index in [1.807, 2.05) is 30.5 Å². The highest BCUT2D eigenvalue weighted by molar-refractivity contribution is 5.85. The Morgan fingerprint density at radius 3 is 2.58 bits per heavy atom. The molecule has 5 rings (SSSR count). The Morgan fingerprint density at radius 2 is 1.88 bits per heavy atom. The van der Waals surface area contributed by atoms with E-state index in [9.17, 15) is 10.4 Å². The highest BCUT2D eigenvalue weighted by Crippen LogP contribution is 2.31. The number of anilines is 1. The molecule has 10 nitrogen and oxygen atoms in total. The van der Waals surface area contributed by atoms with E-state index in [1.54, 1.807) is 44.1 Å². The lowest BCUT2D eigenvalue weighted by Crippen LogP contribution is -2.46. The molecule has 204 valence electrons. The molecule has 0 amide bonds. The minimum atomic E-state index is -0.982. The quantitative estimate of drug-likeness (QED) is 0.356. The number of pyridine rings is 3. The van der Waals surface area contributed by atoms with Gasteiger partial charge in [-0.2, -0.15) is 10.4 Å². The van der Waals surface area contributed by atoms with Gasteiger partial charge in [0.15, 0.2) is 0 Å². The first-order valence-electron chi connectivity index (χ1n) is 13.0. The van der Waals surface area contributed by atoms with Gasteiger partial charge in [-0.25, -0.2) is 9.50 Å². The van der Waals surface area contributed by atoms with Crippen molar-refractivity contribution in [2.75, 3.05) is 51.3 Å². The van der Waals surface area contributed by atoms with Gasteiger partial charge in [-0.1, -0.05) is 11.8 Å². The Hall–Kier alpha value is -4.64. The predicted octanol–water partition coefficient (Wildman–Crippen LogP) is 2.99. The minimum absolute atomic E-state index is 0.122. The summed E-state index contributed by atoms with van der Waals surface area (Å²) in [6, 6.07) is 9.97. The fraction of sp³-hybridized carbons (Fsp3) is 0.333. The predicted molar refractivity (Wildman–Crippen MR) is 151 cm³/mol. The molecule has 4 aromatic heterocycles. The average molecular weight is 538 g/mol. The number of fused-ring (bicyclic) bond motifs is 1. The Bertz CT molecular complexity index is 1580. The van der Waals surface area contributed by atoms with Crippen molar-refractivity contribution >= 4 is 11.3 Å². The molecule has 1 aliphatic heterocycles. The van der Waals surface area contributed by atoms with Crippen LogP contribution in [0.15, 0.2) is 55.2 Å². The summed E-state index contributed by atoms with van der Waals surface area (Å²) in [4.78, 5) is 13.5.